The highest BCUT2D eigenvalue weighted by molar-refractivity contribution is 5.89. The van der Waals surface area contributed by atoms with E-state index in [1.165, 1.54) is 22.3 Å². The Morgan fingerprint density at radius 3 is 2.64 bits per heavy atom. The lowest BCUT2D eigenvalue weighted by molar-refractivity contribution is 0.281. The van der Waals surface area contributed by atoms with Crippen LogP contribution in [0.3, 0.4) is 0 Å². The highest BCUT2D eigenvalue weighted by Gasteiger charge is 2.18. The van der Waals surface area contributed by atoms with E-state index in [9.17, 15) is 0 Å². The van der Waals surface area contributed by atoms with E-state index in [0.29, 0.717) is 5.84 Å². The number of hydrogen-bond acceptors (Lipinski definition) is 4. The van der Waals surface area contributed by atoms with Gasteiger partial charge in [-0.05, 0) is 55.2 Å². The predicted molar refractivity (Wildman–Crippen MR) is 109 cm³/mol. The normalized spacial score (nSPS) is 15.2. The maximum absolute atomic E-state index is 5.86. The molecule has 0 aromatic heterocycles. The van der Waals surface area contributed by atoms with Gasteiger partial charge in [0.25, 0.3) is 0 Å². The fraction of sp³-hybridized carbons (Fsp3) is 0.316. The SMILES string of the molecule is Cc1cccc(CNCc2ccc3c(c2)N=C(N)C(C)O3)c1C.Cl.Cl. The van der Waals surface area contributed by atoms with Crippen LogP contribution in [0.25, 0.3) is 0 Å². The Balaban J connectivity index is 0.00000156. The maximum atomic E-state index is 5.86. The Bertz CT molecular complexity index is 762. The third-order valence-electron chi connectivity index (χ3n) is 4.35. The van der Waals surface area contributed by atoms with Crippen molar-refractivity contribution in [1.82, 2.24) is 5.32 Å². The largest absolute Gasteiger partial charge is 0.481 e. The minimum Gasteiger partial charge on any atom is -0.481 e. The molecule has 0 amide bonds. The molecule has 1 aliphatic heterocycles. The minimum absolute atomic E-state index is 0. The number of fused-ring (bicyclic) bond motifs is 1. The molecule has 0 aliphatic carbocycles. The van der Waals surface area contributed by atoms with Crippen LogP contribution in [-0.2, 0) is 13.1 Å². The quantitative estimate of drug-likeness (QED) is 0.833. The van der Waals surface area contributed by atoms with E-state index in [-0.39, 0.29) is 30.9 Å². The molecule has 2 aromatic carbocycles. The number of aliphatic imine (C=N–C) groups is 1. The van der Waals surface area contributed by atoms with Gasteiger partial charge in [0.2, 0.25) is 0 Å². The molecule has 0 spiro atoms. The lowest BCUT2D eigenvalue weighted by Gasteiger charge is -2.21. The Morgan fingerprint density at radius 1 is 1.12 bits per heavy atom. The van der Waals surface area contributed by atoms with Gasteiger partial charge in [0, 0.05) is 13.1 Å². The van der Waals surface area contributed by atoms with Crippen molar-refractivity contribution in [2.45, 2.75) is 40.0 Å². The second kappa shape index (κ2) is 9.09. The van der Waals surface area contributed by atoms with Crippen molar-refractivity contribution < 1.29 is 4.74 Å². The first kappa shape index (κ1) is 21.3. The maximum Gasteiger partial charge on any atom is 0.153 e. The molecule has 1 unspecified atom stereocenters. The topological polar surface area (TPSA) is 59.6 Å². The smallest absolute Gasteiger partial charge is 0.153 e. The Morgan fingerprint density at radius 2 is 1.88 bits per heavy atom. The van der Waals surface area contributed by atoms with Crippen LogP contribution in [0.15, 0.2) is 41.4 Å². The van der Waals surface area contributed by atoms with Crippen LogP contribution >= 0.6 is 24.8 Å². The molecule has 1 atom stereocenters. The zero-order valence-electron chi connectivity index (χ0n) is 14.7. The van der Waals surface area contributed by atoms with Crippen LogP contribution in [0.5, 0.6) is 5.75 Å². The summed E-state index contributed by atoms with van der Waals surface area (Å²) in [5, 5.41) is 3.49. The Kier molecular flexibility index (Phi) is 7.74. The number of ether oxygens (including phenoxy) is 1. The van der Waals surface area contributed by atoms with Crippen LogP contribution < -0.4 is 15.8 Å². The molecule has 0 radical (unpaired) electrons. The molecular formula is C19H25Cl2N3O. The molecule has 1 aliphatic rings. The molecule has 0 saturated heterocycles. The summed E-state index contributed by atoms with van der Waals surface area (Å²) >= 11 is 0. The molecule has 3 N–H and O–H groups in total. The molecule has 0 saturated carbocycles. The average molecular weight is 382 g/mol. The number of halogens is 2. The van der Waals surface area contributed by atoms with Crippen LogP contribution in [0.2, 0.25) is 0 Å². The first-order valence-electron chi connectivity index (χ1n) is 7.94. The van der Waals surface area contributed by atoms with Crippen molar-refractivity contribution in [3.05, 3.63) is 58.7 Å². The van der Waals surface area contributed by atoms with Crippen LogP contribution in [-0.4, -0.2) is 11.9 Å². The lowest BCUT2D eigenvalue weighted by Crippen LogP contribution is -2.33. The van der Waals surface area contributed by atoms with Gasteiger partial charge in [0.1, 0.15) is 17.3 Å². The van der Waals surface area contributed by atoms with Crippen molar-refractivity contribution in [2.24, 2.45) is 10.7 Å². The molecule has 0 bridgehead atoms. The van der Waals surface area contributed by atoms with E-state index >= 15 is 0 Å². The van der Waals surface area contributed by atoms with Gasteiger partial charge >= 0.3 is 0 Å². The van der Waals surface area contributed by atoms with Gasteiger partial charge in [-0.1, -0.05) is 24.3 Å². The van der Waals surface area contributed by atoms with Crippen molar-refractivity contribution in [1.29, 1.82) is 0 Å². The van der Waals surface area contributed by atoms with E-state index in [1.807, 2.05) is 19.1 Å². The molecule has 25 heavy (non-hydrogen) atoms. The summed E-state index contributed by atoms with van der Waals surface area (Å²) in [7, 11) is 0. The molecule has 3 rings (SSSR count). The molecule has 0 fully saturated rings. The summed E-state index contributed by atoms with van der Waals surface area (Å²) in [5.41, 5.74) is 11.9. The molecular weight excluding hydrogens is 357 g/mol. The summed E-state index contributed by atoms with van der Waals surface area (Å²) in [6.07, 6.45) is -0.157. The third kappa shape index (κ3) is 4.88. The fourth-order valence-corrected chi connectivity index (χ4v) is 2.69. The zero-order valence-corrected chi connectivity index (χ0v) is 16.3. The standard InChI is InChI=1S/C19H23N3O.2ClH/c1-12-5-4-6-16(13(12)2)11-21-10-15-7-8-18-17(9-15)22-19(20)14(3)23-18;;/h4-9,14,21H,10-11H2,1-3H3,(H2,20,22);2*1H. The number of aryl methyl sites for hydroxylation is 1. The van der Waals surface area contributed by atoms with Crippen LogP contribution in [0.4, 0.5) is 5.69 Å². The van der Waals surface area contributed by atoms with E-state index in [2.05, 4.69) is 48.4 Å². The van der Waals surface area contributed by atoms with Gasteiger partial charge in [-0.25, -0.2) is 4.99 Å². The first-order chi connectivity index (χ1) is 11.0. The summed E-state index contributed by atoms with van der Waals surface area (Å²) < 4.78 is 5.73. The number of nitrogens with zero attached hydrogens (tertiary/aromatic N) is 1. The number of benzene rings is 2. The van der Waals surface area contributed by atoms with E-state index in [1.54, 1.807) is 0 Å². The van der Waals surface area contributed by atoms with E-state index in [4.69, 9.17) is 10.5 Å². The zero-order chi connectivity index (χ0) is 16.4. The van der Waals surface area contributed by atoms with Crippen molar-refractivity contribution in [3.8, 4) is 5.75 Å². The first-order valence-corrected chi connectivity index (χ1v) is 7.94. The number of rotatable bonds is 4. The van der Waals surface area contributed by atoms with Crippen LogP contribution in [0, 0.1) is 13.8 Å². The summed E-state index contributed by atoms with van der Waals surface area (Å²) in [5.74, 6) is 1.32. The van der Waals surface area contributed by atoms with Gasteiger partial charge in [-0.2, -0.15) is 0 Å². The van der Waals surface area contributed by atoms with Gasteiger partial charge in [0.05, 0.1) is 0 Å². The number of nitrogens with two attached hydrogens (primary N) is 1. The van der Waals surface area contributed by atoms with Gasteiger partial charge in [-0.15, -0.1) is 24.8 Å². The molecule has 1 heterocycles. The summed E-state index contributed by atoms with van der Waals surface area (Å²) in [4.78, 5) is 4.42. The monoisotopic (exact) mass is 381 g/mol. The molecule has 136 valence electrons. The lowest BCUT2D eigenvalue weighted by atomic mass is 10.0. The molecule has 2 aromatic rings. The van der Waals surface area contributed by atoms with Crippen LogP contribution in [0.1, 0.15) is 29.2 Å². The number of hydrogen-bond donors (Lipinski definition) is 2. The van der Waals surface area contributed by atoms with E-state index in [0.717, 1.165) is 24.5 Å². The Hall–Kier alpha value is -1.75. The van der Waals surface area contributed by atoms with E-state index < -0.39 is 0 Å². The van der Waals surface area contributed by atoms with Gasteiger partial charge in [0.15, 0.2) is 6.10 Å². The van der Waals surface area contributed by atoms with Crippen molar-refractivity contribution in [3.63, 3.8) is 0 Å². The van der Waals surface area contributed by atoms with Gasteiger partial charge < -0.3 is 15.8 Å². The second-order valence-corrected chi connectivity index (χ2v) is 6.06. The highest BCUT2D eigenvalue weighted by atomic mass is 35.5. The van der Waals surface area contributed by atoms with Gasteiger partial charge in [-0.3, -0.25) is 0 Å². The minimum atomic E-state index is -0.157. The third-order valence-corrected chi connectivity index (χ3v) is 4.35. The average Bonchev–Trinajstić information content (AvgIpc) is 2.53. The van der Waals surface area contributed by atoms with Crippen molar-refractivity contribution in [2.75, 3.05) is 0 Å². The number of nitrogens with one attached hydrogen (secondary N) is 1. The molecule has 6 heteroatoms. The summed E-state index contributed by atoms with van der Waals surface area (Å²) in [6, 6.07) is 12.5. The second-order valence-electron chi connectivity index (χ2n) is 6.06. The fourth-order valence-electron chi connectivity index (χ4n) is 2.69. The highest BCUT2D eigenvalue weighted by Crippen LogP contribution is 2.32. The molecule has 4 nitrogen and oxygen atoms in total. The Labute approximate surface area is 161 Å². The number of amidine groups is 1. The van der Waals surface area contributed by atoms with Crippen molar-refractivity contribution >= 4 is 36.3 Å². The predicted octanol–water partition coefficient (Wildman–Crippen LogP) is 4.21. The summed E-state index contributed by atoms with van der Waals surface area (Å²) in [6.45, 7) is 7.85.